The number of carbonyl (C=O) groups excluding carboxylic acids is 1. The van der Waals surface area contributed by atoms with Gasteiger partial charge >= 0.3 is 5.97 Å². The minimum absolute atomic E-state index is 0.174. The zero-order valence-electron chi connectivity index (χ0n) is 22.6. The summed E-state index contributed by atoms with van der Waals surface area (Å²) >= 11 is 2.87. The van der Waals surface area contributed by atoms with Crippen LogP contribution < -0.4 is 24.4 Å². The Hall–Kier alpha value is -3.17. The molecule has 9 heteroatoms. The highest BCUT2D eigenvalue weighted by molar-refractivity contribution is 7.11. The Labute approximate surface area is 230 Å². The summed E-state index contributed by atoms with van der Waals surface area (Å²) in [5, 5.41) is 1.97. The second-order valence-electron chi connectivity index (χ2n) is 10.0. The molecule has 2 aromatic heterocycles. The van der Waals surface area contributed by atoms with Crippen LogP contribution in [-0.2, 0) is 9.53 Å². The van der Waals surface area contributed by atoms with Gasteiger partial charge in [-0.15, -0.1) is 11.3 Å². The van der Waals surface area contributed by atoms with Gasteiger partial charge in [0, 0.05) is 4.88 Å². The maximum Gasteiger partial charge on any atom is 0.338 e. The number of nitrogens with zero attached hydrogens (tertiary/aromatic N) is 2. The van der Waals surface area contributed by atoms with Crippen molar-refractivity contribution in [1.82, 2.24) is 4.57 Å². The summed E-state index contributed by atoms with van der Waals surface area (Å²) in [5.41, 5.74) is 1.39. The summed E-state index contributed by atoms with van der Waals surface area (Å²) in [6, 6.07) is 8.74. The Balaban J connectivity index is 1.84. The minimum atomic E-state index is -0.713. The predicted octanol–water partition coefficient (Wildman–Crippen LogP) is 4.93. The van der Waals surface area contributed by atoms with Gasteiger partial charge in [-0.2, -0.15) is 0 Å². The first kappa shape index (κ1) is 27.9. The van der Waals surface area contributed by atoms with Gasteiger partial charge in [0.15, 0.2) is 16.3 Å². The van der Waals surface area contributed by atoms with Gasteiger partial charge in [-0.05, 0) is 60.4 Å². The second-order valence-corrected chi connectivity index (χ2v) is 12.0. The number of hydrogen-bond acceptors (Lipinski definition) is 8. The lowest BCUT2D eigenvalue weighted by atomic mass is 9.95. The molecule has 0 bridgehead atoms. The van der Waals surface area contributed by atoms with Crippen LogP contribution in [0.1, 0.15) is 57.5 Å². The van der Waals surface area contributed by atoms with E-state index in [0.717, 1.165) is 11.3 Å². The second kappa shape index (κ2) is 12.1. The molecule has 0 saturated heterocycles. The van der Waals surface area contributed by atoms with E-state index < -0.39 is 12.0 Å². The first-order valence-electron chi connectivity index (χ1n) is 12.7. The van der Waals surface area contributed by atoms with E-state index in [4.69, 9.17) is 14.2 Å². The van der Waals surface area contributed by atoms with Gasteiger partial charge in [0.2, 0.25) is 0 Å². The number of thiazole rings is 1. The lowest BCUT2D eigenvalue weighted by Gasteiger charge is -2.25. The van der Waals surface area contributed by atoms with E-state index in [1.54, 1.807) is 29.9 Å². The van der Waals surface area contributed by atoms with E-state index in [9.17, 15) is 9.59 Å². The molecule has 0 saturated carbocycles. The van der Waals surface area contributed by atoms with Gasteiger partial charge in [-0.3, -0.25) is 9.36 Å². The Kier molecular flexibility index (Phi) is 8.89. The Morgan fingerprint density at radius 1 is 1.16 bits per heavy atom. The molecule has 7 nitrogen and oxygen atoms in total. The number of carbonyl (C=O) groups is 1. The fourth-order valence-corrected chi connectivity index (χ4v) is 5.87. The Bertz CT molecular complexity index is 1500. The van der Waals surface area contributed by atoms with Gasteiger partial charge < -0.3 is 14.2 Å². The lowest BCUT2D eigenvalue weighted by Crippen LogP contribution is -2.40. The normalized spacial score (nSPS) is 15.6. The van der Waals surface area contributed by atoms with E-state index in [0.29, 0.717) is 50.2 Å². The molecule has 1 aliphatic heterocycles. The maximum absolute atomic E-state index is 13.7. The molecule has 202 valence electrons. The number of aromatic nitrogens is 1. The molecule has 1 unspecified atom stereocenters. The molecule has 38 heavy (non-hydrogen) atoms. The average Bonchev–Trinajstić information content (AvgIpc) is 3.49. The van der Waals surface area contributed by atoms with E-state index in [2.05, 4.69) is 18.8 Å². The van der Waals surface area contributed by atoms with Crippen LogP contribution in [0.5, 0.6) is 11.5 Å². The third-order valence-corrected chi connectivity index (χ3v) is 7.86. The van der Waals surface area contributed by atoms with Gasteiger partial charge in [0.05, 0.1) is 42.2 Å². The van der Waals surface area contributed by atoms with E-state index in [-0.39, 0.29) is 18.1 Å². The largest absolute Gasteiger partial charge is 0.493 e. The molecule has 4 rings (SSSR count). The molecule has 3 aromatic rings. The van der Waals surface area contributed by atoms with Crippen molar-refractivity contribution >= 4 is 34.7 Å². The standard InChI is InChI=1S/C29H34N2O5S2/c1-17(2)11-12-35-22-10-9-20(14-23(22)34-6)26-25(28(33)36-16-18(3)4)19(5)30-29-31(26)27(32)24(38-29)15-21-8-7-13-37-21/h7-10,13-15,17-18,26H,11-12,16H2,1-6H3. The monoisotopic (exact) mass is 554 g/mol. The molecular weight excluding hydrogens is 520 g/mol. The SMILES string of the molecule is COc1cc(C2C(C(=O)OCC(C)C)=C(C)N=c3sc(=Cc4cccs4)c(=O)n32)ccc1OCCC(C)C. The van der Waals surface area contributed by atoms with Gasteiger partial charge in [0.25, 0.3) is 5.56 Å². The number of fused-ring (bicyclic) bond motifs is 1. The van der Waals surface area contributed by atoms with E-state index in [1.165, 1.54) is 11.3 Å². The summed E-state index contributed by atoms with van der Waals surface area (Å²) < 4.78 is 19.4. The van der Waals surface area contributed by atoms with Crippen LogP contribution in [0.4, 0.5) is 0 Å². The average molecular weight is 555 g/mol. The highest BCUT2D eigenvalue weighted by atomic mass is 32.1. The molecule has 0 aliphatic carbocycles. The van der Waals surface area contributed by atoms with Crippen molar-refractivity contribution in [3.63, 3.8) is 0 Å². The number of thiophene rings is 1. The van der Waals surface area contributed by atoms with Gasteiger partial charge in [0.1, 0.15) is 0 Å². The van der Waals surface area contributed by atoms with Crippen molar-refractivity contribution in [1.29, 1.82) is 0 Å². The van der Waals surface area contributed by atoms with Crippen molar-refractivity contribution in [2.45, 2.75) is 47.1 Å². The van der Waals surface area contributed by atoms with Gasteiger partial charge in [-0.1, -0.05) is 51.2 Å². The van der Waals surface area contributed by atoms with Crippen LogP contribution in [0.3, 0.4) is 0 Å². The molecule has 0 spiro atoms. The maximum atomic E-state index is 13.7. The first-order valence-corrected chi connectivity index (χ1v) is 14.4. The molecule has 1 aromatic carbocycles. The summed E-state index contributed by atoms with van der Waals surface area (Å²) in [4.78, 5) is 33.3. The first-order chi connectivity index (χ1) is 18.2. The zero-order chi connectivity index (χ0) is 27.4. The molecule has 0 amide bonds. The molecule has 3 heterocycles. The Morgan fingerprint density at radius 2 is 1.95 bits per heavy atom. The van der Waals surface area contributed by atoms with Crippen molar-refractivity contribution in [2.75, 3.05) is 20.3 Å². The molecular formula is C29H34N2O5S2. The van der Waals surface area contributed by atoms with Crippen LogP contribution in [0, 0.1) is 11.8 Å². The third kappa shape index (κ3) is 6.10. The number of hydrogen-bond donors (Lipinski definition) is 0. The number of rotatable bonds is 10. The van der Waals surface area contributed by atoms with Crippen molar-refractivity contribution in [3.8, 4) is 11.5 Å². The fourth-order valence-electron chi connectivity index (χ4n) is 4.10. The summed E-state index contributed by atoms with van der Waals surface area (Å²) in [7, 11) is 1.58. The summed E-state index contributed by atoms with van der Waals surface area (Å²) in [6.07, 6.45) is 2.79. The number of benzene rings is 1. The van der Waals surface area contributed by atoms with Crippen LogP contribution in [-0.4, -0.2) is 30.9 Å². The van der Waals surface area contributed by atoms with Crippen molar-refractivity contribution < 1.29 is 19.0 Å². The zero-order valence-corrected chi connectivity index (χ0v) is 24.3. The van der Waals surface area contributed by atoms with Crippen LogP contribution in [0.2, 0.25) is 0 Å². The third-order valence-electron chi connectivity index (χ3n) is 6.06. The summed E-state index contributed by atoms with van der Waals surface area (Å²) in [6.45, 7) is 10.9. The van der Waals surface area contributed by atoms with E-state index in [1.807, 2.05) is 55.6 Å². The highest BCUT2D eigenvalue weighted by Crippen LogP contribution is 2.36. The van der Waals surface area contributed by atoms with Crippen molar-refractivity contribution in [3.05, 3.63) is 77.1 Å². The molecule has 1 aliphatic rings. The quantitative estimate of drug-likeness (QED) is 0.332. The smallest absolute Gasteiger partial charge is 0.338 e. The summed E-state index contributed by atoms with van der Waals surface area (Å²) in [5.74, 6) is 1.37. The van der Waals surface area contributed by atoms with Crippen molar-refractivity contribution in [2.24, 2.45) is 16.8 Å². The lowest BCUT2D eigenvalue weighted by molar-refractivity contribution is -0.140. The number of esters is 1. The molecule has 1 atom stereocenters. The number of ether oxygens (including phenoxy) is 3. The van der Waals surface area contributed by atoms with Gasteiger partial charge in [-0.25, -0.2) is 9.79 Å². The molecule has 0 fully saturated rings. The van der Waals surface area contributed by atoms with Crippen LogP contribution in [0.15, 0.2) is 56.8 Å². The topological polar surface area (TPSA) is 79.1 Å². The van der Waals surface area contributed by atoms with Crippen LogP contribution in [0.25, 0.3) is 6.08 Å². The number of allylic oxidation sites excluding steroid dienone is 1. The fraction of sp³-hybridized carbons (Fsp3) is 0.414. The predicted molar refractivity (Wildman–Crippen MR) is 152 cm³/mol. The number of methoxy groups -OCH3 is 1. The minimum Gasteiger partial charge on any atom is -0.493 e. The highest BCUT2D eigenvalue weighted by Gasteiger charge is 2.34. The Morgan fingerprint density at radius 3 is 2.61 bits per heavy atom. The molecule has 0 N–H and O–H groups in total. The molecule has 0 radical (unpaired) electrons. The van der Waals surface area contributed by atoms with Crippen LogP contribution >= 0.6 is 22.7 Å². The van der Waals surface area contributed by atoms with E-state index >= 15 is 0 Å².